The fourth-order valence-corrected chi connectivity index (χ4v) is 3.64. The zero-order chi connectivity index (χ0) is 19.8. The highest BCUT2D eigenvalue weighted by molar-refractivity contribution is 7.99. The van der Waals surface area contributed by atoms with E-state index in [0.29, 0.717) is 15.6 Å². The molecule has 3 aromatic carbocycles. The Hall–Kier alpha value is -2.47. The van der Waals surface area contributed by atoms with Crippen LogP contribution in [-0.2, 0) is 9.63 Å². The molecule has 1 amide bonds. The Morgan fingerprint density at radius 3 is 2.57 bits per heavy atom. The van der Waals surface area contributed by atoms with Crippen LogP contribution < -0.4 is 5.32 Å². The van der Waals surface area contributed by atoms with E-state index in [1.807, 2.05) is 54.6 Å². The third-order valence-electron chi connectivity index (χ3n) is 3.56. The van der Waals surface area contributed by atoms with Crippen molar-refractivity contribution in [1.29, 1.82) is 0 Å². The maximum atomic E-state index is 12.2. The Kier molecular flexibility index (Phi) is 7.37. The van der Waals surface area contributed by atoms with Crippen molar-refractivity contribution in [2.24, 2.45) is 5.16 Å². The first-order chi connectivity index (χ1) is 13.6. The molecule has 0 radical (unpaired) electrons. The normalized spacial score (nSPS) is 10.8. The van der Waals surface area contributed by atoms with Crippen molar-refractivity contribution in [3.63, 3.8) is 0 Å². The lowest BCUT2D eigenvalue weighted by Gasteiger charge is -2.10. The van der Waals surface area contributed by atoms with E-state index in [1.54, 1.807) is 30.0 Å². The van der Waals surface area contributed by atoms with E-state index >= 15 is 0 Å². The molecule has 0 aliphatic carbocycles. The highest BCUT2D eigenvalue weighted by atomic mass is 35.5. The average molecular weight is 431 g/mol. The van der Waals surface area contributed by atoms with E-state index in [-0.39, 0.29) is 12.5 Å². The zero-order valence-corrected chi connectivity index (χ0v) is 17.0. The molecular formula is C21H16Cl2N2O2S. The van der Waals surface area contributed by atoms with Gasteiger partial charge in [0, 0.05) is 20.4 Å². The predicted molar refractivity (Wildman–Crippen MR) is 116 cm³/mol. The second kappa shape index (κ2) is 10.2. The topological polar surface area (TPSA) is 50.7 Å². The molecule has 0 saturated carbocycles. The minimum atomic E-state index is -0.305. The molecule has 3 rings (SSSR count). The maximum absolute atomic E-state index is 12.2. The summed E-state index contributed by atoms with van der Waals surface area (Å²) in [7, 11) is 0. The quantitative estimate of drug-likeness (QED) is 0.362. The summed E-state index contributed by atoms with van der Waals surface area (Å²) < 4.78 is 0. The molecule has 0 saturated heterocycles. The summed E-state index contributed by atoms with van der Waals surface area (Å²) in [5.74, 6) is -0.305. The molecule has 28 heavy (non-hydrogen) atoms. The number of nitrogens with one attached hydrogen (secondary N) is 1. The van der Waals surface area contributed by atoms with Crippen molar-refractivity contribution >= 4 is 52.8 Å². The Labute approximate surface area is 177 Å². The first kappa shape index (κ1) is 20.3. The molecule has 0 heterocycles. The molecule has 3 aromatic rings. The number of hydrogen-bond donors (Lipinski definition) is 1. The summed E-state index contributed by atoms with van der Waals surface area (Å²) in [5, 5.41) is 7.62. The number of rotatable bonds is 7. The minimum Gasteiger partial charge on any atom is -0.386 e. The molecule has 0 aromatic heterocycles. The molecule has 0 aliphatic rings. The second-order valence-electron chi connectivity index (χ2n) is 5.63. The minimum absolute atomic E-state index is 0.216. The Bertz CT molecular complexity index is 981. The van der Waals surface area contributed by atoms with Gasteiger partial charge in [-0.15, -0.1) is 0 Å². The lowest BCUT2D eigenvalue weighted by Crippen LogP contribution is -2.17. The molecular weight excluding hydrogens is 415 g/mol. The van der Waals surface area contributed by atoms with Crippen LogP contribution in [0.3, 0.4) is 0 Å². The van der Waals surface area contributed by atoms with Gasteiger partial charge in [-0.25, -0.2) is 0 Å². The van der Waals surface area contributed by atoms with E-state index in [9.17, 15) is 4.79 Å². The number of oxime groups is 1. The Morgan fingerprint density at radius 1 is 1.04 bits per heavy atom. The summed E-state index contributed by atoms with van der Waals surface area (Å²) in [6, 6.07) is 22.6. The fourth-order valence-electron chi connectivity index (χ4n) is 2.26. The third-order valence-corrected chi connectivity index (χ3v) is 5.20. The first-order valence-corrected chi connectivity index (χ1v) is 9.91. The van der Waals surface area contributed by atoms with Crippen molar-refractivity contribution in [3.8, 4) is 0 Å². The maximum Gasteiger partial charge on any atom is 0.265 e. The molecule has 0 aliphatic heterocycles. The SMILES string of the molecule is O=C(CON=Cc1ccc(Cl)cc1Cl)Nc1ccccc1Sc1ccccc1. The second-order valence-corrected chi connectivity index (χ2v) is 7.59. The van der Waals surface area contributed by atoms with Crippen molar-refractivity contribution in [1.82, 2.24) is 0 Å². The number of hydrogen-bond acceptors (Lipinski definition) is 4. The summed E-state index contributed by atoms with van der Waals surface area (Å²) in [5.41, 5.74) is 1.37. The molecule has 0 fully saturated rings. The van der Waals surface area contributed by atoms with Crippen LogP contribution in [0.5, 0.6) is 0 Å². The van der Waals surface area contributed by atoms with Gasteiger partial charge in [-0.2, -0.15) is 0 Å². The van der Waals surface area contributed by atoms with Crippen molar-refractivity contribution < 1.29 is 9.63 Å². The highest BCUT2D eigenvalue weighted by Crippen LogP contribution is 2.33. The summed E-state index contributed by atoms with van der Waals surface area (Å²) in [6.07, 6.45) is 1.44. The van der Waals surface area contributed by atoms with Crippen LogP contribution in [0.1, 0.15) is 5.56 Å². The van der Waals surface area contributed by atoms with E-state index in [4.69, 9.17) is 28.0 Å². The van der Waals surface area contributed by atoms with Crippen molar-refractivity contribution in [2.75, 3.05) is 11.9 Å². The van der Waals surface area contributed by atoms with E-state index in [0.717, 1.165) is 15.5 Å². The van der Waals surface area contributed by atoms with Gasteiger partial charge < -0.3 is 10.2 Å². The van der Waals surface area contributed by atoms with Gasteiger partial charge in [-0.3, -0.25) is 4.79 Å². The van der Waals surface area contributed by atoms with Gasteiger partial charge in [0.25, 0.3) is 5.91 Å². The lowest BCUT2D eigenvalue weighted by molar-refractivity contribution is -0.120. The number of anilines is 1. The van der Waals surface area contributed by atoms with E-state index in [2.05, 4.69) is 10.5 Å². The Balaban J connectivity index is 1.56. The largest absolute Gasteiger partial charge is 0.386 e. The first-order valence-electron chi connectivity index (χ1n) is 8.34. The highest BCUT2D eigenvalue weighted by Gasteiger charge is 2.08. The molecule has 0 spiro atoms. The van der Waals surface area contributed by atoms with Crippen LogP contribution in [0.4, 0.5) is 5.69 Å². The smallest absolute Gasteiger partial charge is 0.265 e. The number of carbonyl (C=O) groups is 1. The number of amides is 1. The lowest BCUT2D eigenvalue weighted by atomic mass is 10.2. The monoisotopic (exact) mass is 430 g/mol. The average Bonchev–Trinajstić information content (AvgIpc) is 2.69. The van der Waals surface area contributed by atoms with E-state index < -0.39 is 0 Å². The molecule has 4 nitrogen and oxygen atoms in total. The van der Waals surface area contributed by atoms with Crippen LogP contribution in [0.15, 0.2) is 87.7 Å². The van der Waals surface area contributed by atoms with Gasteiger partial charge in [0.2, 0.25) is 0 Å². The van der Waals surface area contributed by atoms with E-state index in [1.165, 1.54) is 6.21 Å². The fraction of sp³-hybridized carbons (Fsp3) is 0.0476. The van der Waals surface area contributed by atoms with Crippen molar-refractivity contribution in [2.45, 2.75) is 9.79 Å². The predicted octanol–water partition coefficient (Wildman–Crippen LogP) is 6.13. The summed E-state index contributed by atoms with van der Waals surface area (Å²) in [6.45, 7) is -0.216. The Morgan fingerprint density at radius 2 is 1.79 bits per heavy atom. The van der Waals surface area contributed by atoms with Gasteiger partial charge in [0.1, 0.15) is 0 Å². The molecule has 0 atom stereocenters. The molecule has 7 heteroatoms. The number of para-hydroxylation sites is 1. The number of benzene rings is 3. The van der Waals surface area contributed by atoms with Gasteiger partial charge in [-0.1, -0.05) is 76.5 Å². The number of halogens is 2. The van der Waals surface area contributed by atoms with Crippen LogP contribution >= 0.6 is 35.0 Å². The van der Waals surface area contributed by atoms with Gasteiger partial charge in [0.15, 0.2) is 6.61 Å². The van der Waals surface area contributed by atoms with Crippen LogP contribution in [-0.4, -0.2) is 18.7 Å². The van der Waals surface area contributed by atoms with Crippen molar-refractivity contribution in [3.05, 3.63) is 88.4 Å². The molecule has 0 bridgehead atoms. The third kappa shape index (κ3) is 6.02. The zero-order valence-electron chi connectivity index (χ0n) is 14.6. The summed E-state index contributed by atoms with van der Waals surface area (Å²) >= 11 is 13.5. The number of nitrogens with zero attached hydrogens (tertiary/aromatic N) is 1. The van der Waals surface area contributed by atoms with Gasteiger partial charge >= 0.3 is 0 Å². The van der Waals surface area contributed by atoms with Gasteiger partial charge in [-0.05, 0) is 36.4 Å². The molecule has 1 N–H and O–H groups in total. The van der Waals surface area contributed by atoms with Crippen LogP contribution in [0.2, 0.25) is 10.0 Å². The number of carbonyl (C=O) groups excluding carboxylic acids is 1. The van der Waals surface area contributed by atoms with Gasteiger partial charge in [0.05, 0.1) is 16.9 Å². The molecule has 142 valence electrons. The standard InChI is InChI=1S/C21H16Cl2N2O2S/c22-16-11-10-15(18(23)12-16)13-24-27-14-21(26)25-19-8-4-5-9-20(19)28-17-6-2-1-3-7-17/h1-13H,14H2,(H,25,26). The van der Waals surface area contributed by atoms with Crippen LogP contribution in [0, 0.1) is 0 Å². The van der Waals surface area contributed by atoms with Crippen LogP contribution in [0.25, 0.3) is 0 Å². The molecule has 0 unspecified atom stereocenters. The summed E-state index contributed by atoms with van der Waals surface area (Å²) in [4.78, 5) is 19.3.